The lowest BCUT2D eigenvalue weighted by atomic mass is 10.1. The summed E-state index contributed by atoms with van der Waals surface area (Å²) < 4.78 is 1.74. The second kappa shape index (κ2) is 6.84. The number of para-hydroxylation sites is 3. The first-order valence-corrected chi connectivity index (χ1v) is 8.98. The van der Waals surface area contributed by atoms with E-state index in [0.29, 0.717) is 5.75 Å². The van der Waals surface area contributed by atoms with Crippen LogP contribution in [-0.2, 0) is 6.54 Å². The van der Waals surface area contributed by atoms with Crippen molar-refractivity contribution < 1.29 is 9.90 Å². The first-order valence-electron chi connectivity index (χ1n) is 8.98. The highest BCUT2D eigenvalue weighted by molar-refractivity contribution is 5.93. The number of phenols is 1. The molecule has 1 aliphatic heterocycles. The summed E-state index contributed by atoms with van der Waals surface area (Å²) in [5.41, 5.74) is 3.06. The van der Waals surface area contributed by atoms with Gasteiger partial charge in [-0.05, 0) is 23.8 Å². The Hall–Kier alpha value is -2.79. The third-order valence-electron chi connectivity index (χ3n) is 5.12. The number of piperazine rings is 1. The van der Waals surface area contributed by atoms with Gasteiger partial charge >= 0.3 is 0 Å². The van der Waals surface area contributed by atoms with Crippen molar-refractivity contribution in [2.75, 3.05) is 31.1 Å². The van der Waals surface area contributed by atoms with Gasteiger partial charge in [0, 0.05) is 51.2 Å². The average molecular weight is 349 g/mol. The molecule has 2 aromatic carbocycles. The molecule has 0 bridgehead atoms. The number of hydrogen-bond acceptors (Lipinski definition) is 4. The fraction of sp³-hybridized carbons (Fsp3) is 0.286. The highest BCUT2D eigenvalue weighted by Gasteiger charge is 2.20. The van der Waals surface area contributed by atoms with Crippen LogP contribution in [0.15, 0.2) is 54.7 Å². The Bertz CT molecular complexity index is 939. The maximum Gasteiger partial charge on any atom is 0.227 e. The molecule has 0 aliphatic carbocycles. The lowest BCUT2D eigenvalue weighted by molar-refractivity contribution is 0.0941. The number of anilines is 1. The van der Waals surface area contributed by atoms with E-state index in [4.69, 9.17) is 0 Å². The van der Waals surface area contributed by atoms with Crippen molar-refractivity contribution in [3.63, 3.8) is 0 Å². The number of fused-ring (bicyclic) bond motifs is 1. The SMILES string of the molecule is CC(=O)n1cc(CN2CCN(c3ccccc3O)CC2)c2ccccc21. The molecule has 1 fully saturated rings. The monoisotopic (exact) mass is 349 g/mol. The van der Waals surface area contributed by atoms with E-state index >= 15 is 0 Å². The molecular formula is C21H23N3O2. The molecule has 5 nitrogen and oxygen atoms in total. The summed E-state index contributed by atoms with van der Waals surface area (Å²) in [5.74, 6) is 0.377. The van der Waals surface area contributed by atoms with Crippen LogP contribution in [0.3, 0.4) is 0 Å². The average Bonchev–Trinajstić information content (AvgIpc) is 3.02. The van der Waals surface area contributed by atoms with Crippen LogP contribution in [0.5, 0.6) is 5.75 Å². The van der Waals surface area contributed by atoms with Crippen LogP contribution in [0.1, 0.15) is 17.3 Å². The van der Waals surface area contributed by atoms with E-state index in [2.05, 4.69) is 15.9 Å². The maximum atomic E-state index is 11.9. The van der Waals surface area contributed by atoms with Gasteiger partial charge in [0.1, 0.15) is 5.75 Å². The van der Waals surface area contributed by atoms with Crippen molar-refractivity contribution in [1.82, 2.24) is 9.47 Å². The van der Waals surface area contributed by atoms with E-state index in [1.165, 1.54) is 5.56 Å². The minimum absolute atomic E-state index is 0.0387. The molecule has 134 valence electrons. The smallest absolute Gasteiger partial charge is 0.227 e. The molecule has 3 aromatic rings. The molecule has 4 rings (SSSR count). The Morgan fingerprint density at radius 2 is 1.69 bits per heavy atom. The Morgan fingerprint density at radius 1 is 1.00 bits per heavy atom. The molecule has 5 heteroatoms. The van der Waals surface area contributed by atoms with Gasteiger partial charge in [-0.1, -0.05) is 30.3 Å². The molecule has 0 atom stereocenters. The standard InChI is InChI=1S/C21H23N3O2/c1-16(25)24-15-17(18-6-2-3-7-19(18)24)14-22-10-12-23(13-11-22)20-8-4-5-9-21(20)26/h2-9,15,26H,10-14H2,1H3. The molecule has 0 amide bonds. The fourth-order valence-corrected chi connectivity index (χ4v) is 3.76. The summed E-state index contributed by atoms with van der Waals surface area (Å²) >= 11 is 0. The van der Waals surface area contributed by atoms with Gasteiger partial charge in [0.25, 0.3) is 0 Å². The topological polar surface area (TPSA) is 48.7 Å². The Labute approximate surface area is 153 Å². The quantitative estimate of drug-likeness (QED) is 0.788. The van der Waals surface area contributed by atoms with E-state index in [1.807, 2.05) is 42.6 Å². The number of aromatic nitrogens is 1. The van der Waals surface area contributed by atoms with Crippen LogP contribution in [0.4, 0.5) is 5.69 Å². The molecule has 1 N–H and O–H groups in total. The van der Waals surface area contributed by atoms with Gasteiger partial charge in [0.2, 0.25) is 5.91 Å². The summed E-state index contributed by atoms with van der Waals surface area (Å²) in [6.45, 7) is 6.03. The van der Waals surface area contributed by atoms with E-state index < -0.39 is 0 Å². The zero-order valence-corrected chi connectivity index (χ0v) is 14.9. The second-order valence-corrected chi connectivity index (χ2v) is 6.81. The predicted molar refractivity (Wildman–Crippen MR) is 104 cm³/mol. The predicted octanol–water partition coefficient (Wildman–Crippen LogP) is 3.33. The molecule has 1 aromatic heterocycles. The first-order chi connectivity index (χ1) is 12.6. The summed E-state index contributed by atoms with van der Waals surface area (Å²) in [6, 6.07) is 15.6. The van der Waals surface area contributed by atoms with Crippen LogP contribution >= 0.6 is 0 Å². The number of hydrogen-bond donors (Lipinski definition) is 1. The number of nitrogens with zero attached hydrogens (tertiary/aromatic N) is 3. The maximum absolute atomic E-state index is 11.9. The van der Waals surface area contributed by atoms with Crippen LogP contribution in [0, 0.1) is 0 Å². The summed E-state index contributed by atoms with van der Waals surface area (Å²) in [7, 11) is 0. The molecule has 1 saturated heterocycles. The molecule has 0 spiro atoms. The number of carbonyl (C=O) groups excluding carboxylic acids is 1. The van der Waals surface area contributed by atoms with Gasteiger partial charge in [-0.2, -0.15) is 0 Å². The highest BCUT2D eigenvalue weighted by atomic mass is 16.3. The highest BCUT2D eigenvalue weighted by Crippen LogP contribution is 2.28. The first kappa shape index (κ1) is 16.7. The van der Waals surface area contributed by atoms with Crippen LogP contribution in [0.25, 0.3) is 10.9 Å². The summed E-state index contributed by atoms with van der Waals surface area (Å²) in [6.07, 6.45) is 1.97. The Balaban J connectivity index is 1.49. The second-order valence-electron chi connectivity index (χ2n) is 6.81. The normalized spacial score (nSPS) is 15.5. The molecule has 0 unspecified atom stereocenters. The van der Waals surface area contributed by atoms with Crippen LogP contribution < -0.4 is 4.90 Å². The third kappa shape index (κ3) is 3.06. The zero-order chi connectivity index (χ0) is 18.1. The molecule has 0 saturated carbocycles. The van der Waals surface area contributed by atoms with E-state index in [-0.39, 0.29) is 5.91 Å². The fourth-order valence-electron chi connectivity index (χ4n) is 3.76. The van der Waals surface area contributed by atoms with Crippen molar-refractivity contribution in [1.29, 1.82) is 0 Å². The minimum atomic E-state index is 0.0387. The van der Waals surface area contributed by atoms with E-state index in [9.17, 15) is 9.90 Å². The molecule has 2 heterocycles. The van der Waals surface area contributed by atoms with Gasteiger partial charge in [-0.25, -0.2) is 0 Å². The Kier molecular flexibility index (Phi) is 4.39. The van der Waals surface area contributed by atoms with Crippen molar-refractivity contribution in [3.8, 4) is 5.75 Å². The lowest BCUT2D eigenvalue weighted by Crippen LogP contribution is -2.45. The number of rotatable bonds is 3. The minimum Gasteiger partial charge on any atom is -0.506 e. The van der Waals surface area contributed by atoms with Gasteiger partial charge in [-0.3, -0.25) is 14.3 Å². The number of carbonyl (C=O) groups is 1. The Morgan fingerprint density at radius 3 is 2.42 bits per heavy atom. The van der Waals surface area contributed by atoms with Crippen molar-refractivity contribution in [2.24, 2.45) is 0 Å². The zero-order valence-electron chi connectivity index (χ0n) is 14.9. The number of phenolic OH excluding ortho intramolecular Hbond substituents is 1. The van der Waals surface area contributed by atoms with Crippen molar-refractivity contribution >= 4 is 22.5 Å². The van der Waals surface area contributed by atoms with Crippen LogP contribution in [-0.4, -0.2) is 46.7 Å². The van der Waals surface area contributed by atoms with E-state index in [1.54, 1.807) is 17.6 Å². The van der Waals surface area contributed by atoms with Gasteiger partial charge in [0.15, 0.2) is 0 Å². The van der Waals surface area contributed by atoms with E-state index in [0.717, 1.165) is 49.3 Å². The van der Waals surface area contributed by atoms with Gasteiger partial charge in [-0.15, -0.1) is 0 Å². The molecular weight excluding hydrogens is 326 g/mol. The summed E-state index contributed by atoms with van der Waals surface area (Å²) in [5, 5.41) is 11.2. The molecule has 0 radical (unpaired) electrons. The third-order valence-corrected chi connectivity index (χ3v) is 5.12. The van der Waals surface area contributed by atoms with Gasteiger partial charge in [0.05, 0.1) is 11.2 Å². The number of benzene rings is 2. The van der Waals surface area contributed by atoms with Crippen molar-refractivity contribution in [2.45, 2.75) is 13.5 Å². The molecule has 1 aliphatic rings. The summed E-state index contributed by atoms with van der Waals surface area (Å²) in [4.78, 5) is 16.5. The van der Waals surface area contributed by atoms with Crippen molar-refractivity contribution in [3.05, 3.63) is 60.3 Å². The number of aromatic hydroxyl groups is 1. The largest absolute Gasteiger partial charge is 0.506 e. The van der Waals surface area contributed by atoms with Crippen LogP contribution in [0.2, 0.25) is 0 Å². The lowest BCUT2D eigenvalue weighted by Gasteiger charge is -2.36. The molecule has 26 heavy (non-hydrogen) atoms. The van der Waals surface area contributed by atoms with Gasteiger partial charge < -0.3 is 10.0 Å².